The van der Waals surface area contributed by atoms with Crippen LogP contribution < -0.4 is 15.4 Å². The minimum atomic E-state index is -0.242. The monoisotopic (exact) mass is 387 g/mol. The fourth-order valence-corrected chi connectivity index (χ4v) is 3.60. The Labute approximate surface area is 165 Å². The summed E-state index contributed by atoms with van der Waals surface area (Å²) in [6.45, 7) is 6.38. The molecule has 0 spiro atoms. The van der Waals surface area contributed by atoms with Gasteiger partial charge in [0.05, 0.1) is 10.6 Å². The lowest BCUT2D eigenvalue weighted by Crippen LogP contribution is -2.39. The number of amides is 1. The molecule has 1 saturated heterocycles. The van der Waals surface area contributed by atoms with E-state index in [1.165, 1.54) is 6.20 Å². The highest BCUT2D eigenvalue weighted by molar-refractivity contribution is 6.30. The number of hydrogen-bond acceptors (Lipinski definition) is 4. The first kappa shape index (κ1) is 19.6. The molecule has 5 nitrogen and oxygen atoms in total. The number of nitrogens with one attached hydrogen (secondary N) is 2. The van der Waals surface area contributed by atoms with Crippen molar-refractivity contribution in [2.45, 2.75) is 32.8 Å². The van der Waals surface area contributed by atoms with Gasteiger partial charge in [0.2, 0.25) is 0 Å². The molecule has 144 valence electrons. The number of ether oxygens (including phenoxy) is 1. The third kappa shape index (κ3) is 5.21. The van der Waals surface area contributed by atoms with E-state index in [1.807, 2.05) is 18.2 Å². The van der Waals surface area contributed by atoms with E-state index in [0.29, 0.717) is 34.0 Å². The molecule has 0 bridgehead atoms. The van der Waals surface area contributed by atoms with Crippen LogP contribution >= 0.6 is 11.6 Å². The fraction of sp³-hybridized carbons (Fsp3) is 0.429. The number of nitrogens with zero attached hydrogens (tertiary/aromatic N) is 1. The highest BCUT2D eigenvalue weighted by Gasteiger charge is 2.29. The quantitative estimate of drug-likeness (QED) is 0.771. The maximum Gasteiger partial charge on any atom is 0.260 e. The molecular weight excluding hydrogens is 362 g/mol. The van der Waals surface area contributed by atoms with Gasteiger partial charge in [-0.2, -0.15) is 0 Å². The van der Waals surface area contributed by atoms with E-state index in [0.717, 1.165) is 25.9 Å². The lowest BCUT2D eigenvalue weighted by atomic mass is 9.86. The van der Waals surface area contributed by atoms with Crippen molar-refractivity contribution in [3.63, 3.8) is 0 Å². The zero-order valence-electron chi connectivity index (χ0n) is 15.7. The molecule has 0 saturated carbocycles. The van der Waals surface area contributed by atoms with Crippen LogP contribution in [0.15, 0.2) is 42.6 Å². The van der Waals surface area contributed by atoms with Gasteiger partial charge >= 0.3 is 0 Å². The summed E-state index contributed by atoms with van der Waals surface area (Å²) in [5, 5.41) is 6.73. The number of aromatic nitrogens is 1. The van der Waals surface area contributed by atoms with E-state index in [-0.39, 0.29) is 12.0 Å². The Morgan fingerprint density at radius 3 is 2.63 bits per heavy atom. The molecule has 2 aromatic rings. The molecule has 0 aliphatic carbocycles. The largest absolute Gasteiger partial charge is 0.489 e. The highest BCUT2D eigenvalue weighted by atomic mass is 35.5. The van der Waals surface area contributed by atoms with E-state index in [9.17, 15) is 4.79 Å². The van der Waals surface area contributed by atoms with Gasteiger partial charge in [-0.15, -0.1) is 0 Å². The minimum Gasteiger partial charge on any atom is -0.489 e. The van der Waals surface area contributed by atoms with Gasteiger partial charge in [0.15, 0.2) is 0 Å². The molecule has 1 aromatic carbocycles. The van der Waals surface area contributed by atoms with Crippen LogP contribution in [0.1, 0.15) is 37.0 Å². The summed E-state index contributed by atoms with van der Waals surface area (Å²) < 4.78 is 6.39. The number of benzene rings is 1. The summed E-state index contributed by atoms with van der Waals surface area (Å²) in [6.07, 6.45) is 3.76. The summed E-state index contributed by atoms with van der Waals surface area (Å²) in [6, 6.07) is 10.7. The van der Waals surface area contributed by atoms with Gasteiger partial charge in [-0.25, -0.2) is 4.98 Å². The molecule has 1 aliphatic rings. The van der Waals surface area contributed by atoms with E-state index in [4.69, 9.17) is 16.3 Å². The maximum atomic E-state index is 12.8. The van der Waals surface area contributed by atoms with Crippen LogP contribution in [-0.2, 0) is 0 Å². The van der Waals surface area contributed by atoms with Crippen molar-refractivity contribution in [2.24, 2.45) is 11.8 Å². The Morgan fingerprint density at radius 1 is 1.22 bits per heavy atom. The third-order valence-corrected chi connectivity index (χ3v) is 5.09. The summed E-state index contributed by atoms with van der Waals surface area (Å²) in [4.78, 5) is 16.9. The molecule has 1 aromatic heterocycles. The normalized spacial score (nSPS) is 16.1. The molecule has 1 amide bonds. The molecule has 6 heteroatoms. The zero-order chi connectivity index (χ0) is 19.2. The lowest BCUT2D eigenvalue weighted by molar-refractivity contribution is 0.0703. The standard InChI is InChI=1S/C21H26ClN3O2/c1-14(2)20(15-9-11-23-12-10-15)27-18-6-4-3-5-17(18)21(26)25-19-8-7-16(22)13-24-19/h3-8,13-15,20,23H,9-12H2,1-2H3,(H,24,25,26). The number of rotatable bonds is 6. The van der Waals surface area contributed by atoms with Gasteiger partial charge < -0.3 is 15.4 Å². The van der Waals surface area contributed by atoms with Gasteiger partial charge in [0.25, 0.3) is 5.91 Å². The number of piperidine rings is 1. The van der Waals surface area contributed by atoms with Gasteiger partial charge in [0, 0.05) is 6.20 Å². The number of pyridine rings is 1. The lowest BCUT2D eigenvalue weighted by Gasteiger charge is -2.34. The minimum absolute atomic E-state index is 0.0784. The topological polar surface area (TPSA) is 63.2 Å². The predicted octanol–water partition coefficient (Wildman–Crippen LogP) is 4.39. The molecule has 2 heterocycles. The molecular formula is C21H26ClN3O2. The first-order valence-electron chi connectivity index (χ1n) is 9.44. The number of carbonyl (C=O) groups excluding carboxylic acids is 1. The molecule has 1 aliphatic heterocycles. The molecule has 2 N–H and O–H groups in total. The molecule has 0 radical (unpaired) electrons. The number of halogens is 1. The molecule has 1 fully saturated rings. The van der Waals surface area contributed by atoms with Crippen molar-refractivity contribution < 1.29 is 9.53 Å². The Bertz CT molecular complexity index is 758. The Balaban J connectivity index is 1.77. The van der Waals surface area contributed by atoms with Gasteiger partial charge in [-0.05, 0) is 62.0 Å². The van der Waals surface area contributed by atoms with Crippen molar-refractivity contribution in [3.8, 4) is 5.75 Å². The maximum absolute atomic E-state index is 12.8. The van der Waals surface area contributed by atoms with Crippen LogP contribution in [-0.4, -0.2) is 30.1 Å². The molecule has 1 atom stereocenters. The van der Waals surface area contributed by atoms with Gasteiger partial charge in [0.1, 0.15) is 17.7 Å². The Kier molecular flexibility index (Phi) is 6.69. The molecule has 3 rings (SSSR count). The second-order valence-corrected chi connectivity index (χ2v) is 7.66. The summed E-state index contributed by atoms with van der Waals surface area (Å²) in [7, 11) is 0. The van der Waals surface area contributed by atoms with Crippen LogP contribution in [0.2, 0.25) is 5.02 Å². The SMILES string of the molecule is CC(C)C(Oc1ccccc1C(=O)Nc1ccc(Cl)cn1)C1CCNCC1. The van der Waals surface area contributed by atoms with Crippen molar-refractivity contribution in [1.29, 1.82) is 0 Å². The van der Waals surface area contributed by atoms with Crippen LogP contribution in [0, 0.1) is 11.8 Å². The van der Waals surface area contributed by atoms with E-state index < -0.39 is 0 Å². The Hall–Kier alpha value is -2.11. The molecule has 1 unspecified atom stereocenters. The smallest absolute Gasteiger partial charge is 0.260 e. The van der Waals surface area contributed by atoms with Gasteiger partial charge in [-0.3, -0.25) is 4.79 Å². The Morgan fingerprint density at radius 2 is 1.96 bits per heavy atom. The number of anilines is 1. The summed E-state index contributed by atoms with van der Waals surface area (Å²) in [5.41, 5.74) is 0.508. The van der Waals surface area contributed by atoms with Crippen molar-refractivity contribution in [3.05, 3.63) is 53.2 Å². The number of para-hydroxylation sites is 1. The summed E-state index contributed by atoms with van der Waals surface area (Å²) in [5.74, 6) is 1.68. The van der Waals surface area contributed by atoms with Crippen LogP contribution in [0.4, 0.5) is 5.82 Å². The second-order valence-electron chi connectivity index (χ2n) is 7.23. The van der Waals surface area contributed by atoms with Gasteiger partial charge in [-0.1, -0.05) is 37.6 Å². The third-order valence-electron chi connectivity index (χ3n) is 4.87. The van der Waals surface area contributed by atoms with Crippen molar-refractivity contribution in [1.82, 2.24) is 10.3 Å². The second kappa shape index (κ2) is 9.20. The predicted molar refractivity (Wildman–Crippen MR) is 108 cm³/mol. The van der Waals surface area contributed by atoms with Crippen molar-refractivity contribution in [2.75, 3.05) is 18.4 Å². The van der Waals surface area contributed by atoms with E-state index in [1.54, 1.807) is 18.2 Å². The zero-order valence-corrected chi connectivity index (χ0v) is 16.5. The summed E-state index contributed by atoms with van der Waals surface area (Å²) >= 11 is 5.85. The first-order chi connectivity index (χ1) is 13.0. The number of carbonyl (C=O) groups is 1. The van der Waals surface area contributed by atoms with Crippen LogP contribution in [0.3, 0.4) is 0 Å². The average Bonchev–Trinajstić information content (AvgIpc) is 2.68. The van der Waals surface area contributed by atoms with E-state index in [2.05, 4.69) is 29.5 Å². The molecule has 27 heavy (non-hydrogen) atoms. The first-order valence-corrected chi connectivity index (χ1v) is 9.81. The van der Waals surface area contributed by atoms with Crippen LogP contribution in [0.5, 0.6) is 5.75 Å². The fourth-order valence-electron chi connectivity index (χ4n) is 3.49. The van der Waals surface area contributed by atoms with E-state index >= 15 is 0 Å². The average molecular weight is 388 g/mol. The highest BCUT2D eigenvalue weighted by Crippen LogP contribution is 2.29. The van der Waals surface area contributed by atoms with Crippen molar-refractivity contribution >= 4 is 23.3 Å². The number of hydrogen-bond donors (Lipinski definition) is 2. The van der Waals surface area contributed by atoms with Crippen LogP contribution in [0.25, 0.3) is 0 Å².